The highest BCUT2D eigenvalue weighted by atomic mass is 16.1. The maximum Gasteiger partial charge on any atom is 0.182 e. The van der Waals surface area contributed by atoms with Gasteiger partial charge in [-0.2, -0.15) is 0 Å². The van der Waals surface area contributed by atoms with E-state index in [1.54, 1.807) is 6.08 Å². The second kappa shape index (κ2) is 4.99. The van der Waals surface area contributed by atoms with E-state index >= 15 is 0 Å². The SMILES string of the molecule is CCC1(C)CCCC(C)=C1C(=O)C=C(C)C. The molecule has 0 N–H and O–H groups in total. The molecule has 0 aromatic heterocycles. The van der Waals surface area contributed by atoms with Gasteiger partial charge in [-0.15, -0.1) is 0 Å². The number of carbonyl (C=O) groups excluding carboxylic acids is 1. The average molecular weight is 220 g/mol. The third-order valence-corrected chi connectivity index (χ3v) is 3.76. The van der Waals surface area contributed by atoms with Gasteiger partial charge in [0, 0.05) is 5.57 Å². The lowest BCUT2D eigenvalue weighted by Crippen LogP contribution is -2.27. The van der Waals surface area contributed by atoms with Crippen LogP contribution in [0.5, 0.6) is 0 Å². The molecule has 1 rings (SSSR count). The first-order valence-electron chi connectivity index (χ1n) is 6.30. The number of hydrogen-bond acceptors (Lipinski definition) is 1. The Labute approximate surface area is 99.6 Å². The summed E-state index contributed by atoms with van der Waals surface area (Å²) >= 11 is 0. The van der Waals surface area contributed by atoms with E-state index in [0.717, 1.165) is 30.4 Å². The first kappa shape index (κ1) is 13.2. The predicted molar refractivity (Wildman–Crippen MR) is 69.4 cm³/mol. The van der Waals surface area contributed by atoms with E-state index < -0.39 is 0 Å². The summed E-state index contributed by atoms with van der Waals surface area (Å²) in [6.45, 7) is 10.5. The van der Waals surface area contributed by atoms with Crippen molar-refractivity contribution in [3.8, 4) is 0 Å². The van der Waals surface area contributed by atoms with Crippen LogP contribution in [0, 0.1) is 5.41 Å². The Morgan fingerprint density at radius 3 is 2.56 bits per heavy atom. The molecule has 0 saturated carbocycles. The molecule has 1 aliphatic rings. The topological polar surface area (TPSA) is 17.1 Å². The fourth-order valence-electron chi connectivity index (χ4n) is 2.70. The van der Waals surface area contributed by atoms with Gasteiger partial charge in [-0.3, -0.25) is 4.79 Å². The van der Waals surface area contributed by atoms with Crippen LogP contribution in [-0.2, 0) is 4.79 Å². The number of ketones is 1. The van der Waals surface area contributed by atoms with Crippen molar-refractivity contribution in [2.45, 2.75) is 60.3 Å². The van der Waals surface area contributed by atoms with Gasteiger partial charge in [0.15, 0.2) is 5.78 Å². The van der Waals surface area contributed by atoms with Gasteiger partial charge in [0.2, 0.25) is 0 Å². The second-order valence-electron chi connectivity index (χ2n) is 5.51. The minimum absolute atomic E-state index is 0.103. The molecule has 0 spiro atoms. The Morgan fingerprint density at radius 2 is 2.06 bits per heavy atom. The van der Waals surface area contributed by atoms with Gasteiger partial charge in [0.1, 0.15) is 0 Å². The van der Waals surface area contributed by atoms with Gasteiger partial charge in [-0.25, -0.2) is 0 Å². The van der Waals surface area contributed by atoms with Crippen LogP contribution < -0.4 is 0 Å². The zero-order valence-corrected chi connectivity index (χ0v) is 11.3. The largest absolute Gasteiger partial charge is 0.290 e. The molecule has 90 valence electrons. The molecule has 1 nitrogen and oxygen atoms in total. The Hall–Kier alpha value is -0.850. The number of allylic oxidation sites excluding steroid dienone is 4. The fraction of sp³-hybridized carbons (Fsp3) is 0.667. The summed E-state index contributed by atoms with van der Waals surface area (Å²) in [5.41, 5.74) is 3.58. The third-order valence-electron chi connectivity index (χ3n) is 3.76. The molecule has 16 heavy (non-hydrogen) atoms. The summed E-state index contributed by atoms with van der Waals surface area (Å²) in [6, 6.07) is 0. The minimum Gasteiger partial charge on any atom is -0.290 e. The monoisotopic (exact) mass is 220 g/mol. The van der Waals surface area contributed by atoms with E-state index in [9.17, 15) is 4.79 Å². The molecule has 0 radical (unpaired) electrons. The van der Waals surface area contributed by atoms with Gasteiger partial charge in [0.25, 0.3) is 0 Å². The van der Waals surface area contributed by atoms with E-state index in [-0.39, 0.29) is 11.2 Å². The van der Waals surface area contributed by atoms with Crippen LogP contribution in [0.25, 0.3) is 0 Å². The second-order valence-corrected chi connectivity index (χ2v) is 5.51. The van der Waals surface area contributed by atoms with Crippen LogP contribution in [0.1, 0.15) is 60.3 Å². The third kappa shape index (κ3) is 2.63. The quantitative estimate of drug-likeness (QED) is 0.643. The summed E-state index contributed by atoms with van der Waals surface area (Å²) in [5, 5.41) is 0. The molecule has 0 aromatic carbocycles. The molecular weight excluding hydrogens is 196 g/mol. The Balaban J connectivity index is 3.14. The molecule has 0 amide bonds. The van der Waals surface area contributed by atoms with Crippen molar-refractivity contribution >= 4 is 5.78 Å². The summed E-state index contributed by atoms with van der Waals surface area (Å²) < 4.78 is 0. The van der Waals surface area contributed by atoms with Crippen molar-refractivity contribution in [3.63, 3.8) is 0 Å². The van der Waals surface area contributed by atoms with E-state index in [2.05, 4.69) is 20.8 Å². The van der Waals surface area contributed by atoms with Crippen LogP contribution in [0.2, 0.25) is 0 Å². The summed E-state index contributed by atoms with van der Waals surface area (Å²) in [5.74, 6) is 0.238. The van der Waals surface area contributed by atoms with Gasteiger partial charge >= 0.3 is 0 Å². The lowest BCUT2D eigenvalue weighted by atomic mass is 9.68. The number of hydrogen-bond donors (Lipinski definition) is 0. The van der Waals surface area contributed by atoms with E-state index in [4.69, 9.17) is 0 Å². The Bertz CT molecular complexity index is 342. The molecule has 0 aromatic rings. The summed E-state index contributed by atoms with van der Waals surface area (Å²) in [7, 11) is 0. The van der Waals surface area contributed by atoms with Crippen molar-refractivity contribution in [3.05, 3.63) is 22.8 Å². The van der Waals surface area contributed by atoms with Gasteiger partial charge < -0.3 is 0 Å². The Kier molecular flexibility index (Phi) is 4.12. The molecule has 1 aliphatic carbocycles. The molecule has 0 saturated heterocycles. The number of rotatable bonds is 3. The van der Waals surface area contributed by atoms with Gasteiger partial charge in [-0.1, -0.05) is 25.0 Å². The molecule has 1 unspecified atom stereocenters. The predicted octanol–water partition coefficient (Wildman–Crippen LogP) is 4.44. The number of carbonyl (C=O) groups is 1. The average Bonchev–Trinajstić information content (AvgIpc) is 2.16. The van der Waals surface area contributed by atoms with Gasteiger partial charge in [-0.05, 0) is 57.9 Å². The zero-order chi connectivity index (χ0) is 12.3. The van der Waals surface area contributed by atoms with Crippen LogP contribution in [0.4, 0.5) is 0 Å². The summed E-state index contributed by atoms with van der Waals surface area (Å²) in [6.07, 6.45) is 6.31. The van der Waals surface area contributed by atoms with Gasteiger partial charge in [0.05, 0.1) is 0 Å². The van der Waals surface area contributed by atoms with Crippen molar-refractivity contribution in [2.24, 2.45) is 5.41 Å². The molecule has 0 fully saturated rings. The minimum atomic E-state index is 0.103. The first-order valence-corrected chi connectivity index (χ1v) is 6.30. The molecule has 1 atom stereocenters. The van der Waals surface area contributed by atoms with E-state index in [0.29, 0.717) is 0 Å². The smallest absolute Gasteiger partial charge is 0.182 e. The van der Waals surface area contributed by atoms with Crippen molar-refractivity contribution in [1.29, 1.82) is 0 Å². The lowest BCUT2D eigenvalue weighted by molar-refractivity contribution is -0.112. The van der Waals surface area contributed by atoms with Crippen LogP contribution in [0.3, 0.4) is 0 Å². The molecule has 1 heteroatoms. The maximum absolute atomic E-state index is 12.3. The van der Waals surface area contributed by atoms with Crippen LogP contribution in [-0.4, -0.2) is 5.78 Å². The van der Waals surface area contributed by atoms with Crippen LogP contribution >= 0.6 is 0 Å². The van der Waals surface area contributed by atoms with Crippen molar-refractivity contribution < 1.29 is 4.79 Å². The zero-order valence-electron chi connectivity index (χ0n) is 11.3. The highest BCUT2D eigenvalue weighted by Gasteiger charge is 2.34. The van der Waals surface area contributed by atoms with E-state index in [1.807, 2.05) is 13.8 Å². The maximum atomic E-state index is 12.3. The molecule has 0 aliphatic heterocycles. The highest BCUT2D eigenvalue weighted by molar-refractivity contribution is 6.05. The normalized spacial score (nSPS) is 25.6. The highest BCUT2D eigenvalue weighted by Crippen LogP contribution is 2.43. The first-order chi connectivity index (χ1) is 7.40. The molecular formula is C15H24O. The fourth-order valence-corrected chi connectivity index (χ4v) is 2.70. The van der Waals surface area contributed by atoms with Crippen molar-refractivity contribution in [2.75, 3.05) is 0 Å². The molecule has 0 bridgehead atoms. The Morgan fingerprint density at radius 1 is 1.44 bits per heavy atom. The lowest BCUT2D eigenvalue weighted by Gasteiger charge is -2.35. The van der Waals surface area contributed by atoms with E-state index in [1.165, 1.54) is 12.0 Å². The van der Waals surface area contributed by atoms with Crippen LogP contribution in [0.15, 0.2) is 22.8 Å². The summed E-state index contributed by atoms with van der Waals surface area (Å²) in [4.78, 5) is 12.3. The molecule has 0 heterocycles. The standard InChI is InChI=1S/C15H24O/c1-6-15(5)9-7-8-12(4)14(15)13(16)10-11(2)3/h10H,6-9H2,1-5H3. The van der Waals surface area contributed by atoms with Crippen molar-refractivity contribution in [1.82, 2.24) is 0 Å².